The first-order valence-electron chi connectivity index (χ1n) is 13.9. The quantitative estimate of drug-likeness (QED) is 0.170. The van der Waals surface area contributed by atoms with Gasteiger partial charge in [-0.25, -0.2) is 0 Å². The van der Waals surface area contributed by atoms with Crippen molar-refractivity contribution in [3.8, 4) is 22.3 Å². The van der Waals surface area contributed by atoms with Crippen LogP contribution in [0.3, 0.4) is 0 Å². The topological polar surface area (TPSA) is 3.24 Å². The second-order valence-corrected chi connectivity index (χ2v) is 10.6. The zero-order valence-corrected chi connectivity index (χ0v) is 22.0. The molecule has 0 amide bonds. The van der Waals surface area contributed by atoms with Gasteiger partial charge in [-0.3, -0.25) is 0 Å². The molecule has 2 aliphatic rings. The molecular formula is C38H26BN. The molecule has 0 spiro atoms. The maximum absolute atomic E-state index is 2.29. The van der Waals surface area contributed by atoms with Crippen molar-refractivity contribution >= 4 is 44.7 Å². The molecule has 2 aliphatic heterocycles. The maximum atomic E-state index is 2.29. The summed E-state index contributed by atoms with van der Waals surface area (Å²) in [4.78, 5) is 2.29. The molecule has 2 heterocycles. The standard InChI is InChI=1S/C38H26BN/c1-2-12-31-27(10-1)11-9-17-32(31)28-18-20-29(21-19-28)37-33-13-3-5-15-35(33)38(36-16-6-4-14-34(36)37)30-22-24-39-23-7-8-25-40(39)26-30/h1-26H. The van der Waals surface area contributed by atoms with Crippen LogP contribution < -0.4 is 0 Å². The average molecular weight is 507 g/mol. The number of fused-ring (bicyclic) bond motifs is 4. The van der Waals surface area contributed by atoms with Crippen LogP contribution in [0.15, 0.2) is 158 Å². The van der Waals surface area contributed by atoms with Crippen molar-refractivity contribution < 1.29 is 0 Å². The summed E-state index contributed by atoms with van der Waals surface area (Å²) in [5.74, 6) is 4.52. The highest BCUT2D eigenvalue weighted by atomic mass is 15.0. The van der Waals surface area contributed by atoms with Gasteiger partial charge in [0, 0.05) is 0 Å². The number of benzene rings is 6. The van der Waals surface area contributed by atoms with Crippen LogP contribution in [-0.2, 0) is 0 Å². The smallest absolute Gasteiger partial charge is 0.312 e. The molecule has 0 saturated carbocycles. The fourth-order valence-corrected chi connectivity index (χ4v) is 6.42. The Morgan fingerprint density at radius 2 is 1.07 bits per heavy atom. The second kappa shape index (κ2) is 9.29. The van der Waals surface area contributed by atoms with Gasteiger partial charge in [-0.2, -0.15) is 0 Å². The molecule has 8 rings (SSSR count). The maximum Gasteiger partial charge on any atom is 0.312 e. The normalized spacial score (nSPS) is 14.2. The summed E-state index contributed by atoms with van der Waals surface area (Å²) < 4.78 is 0. The lowest BCUT2D eigenvalue weighted by molar-refractivity contribution is 0.794. The van der Waals surface area contributed by atoms with Gasteiger partial charge in [0.25, 0.3) is 0 Å². The van der Waals surface area contributed by atoms with E-state index in [0.717, 1.165) is 0 Å². The summed E-state index contributed by atoms with van der Waals surface area (Å²) in [7, 11) is 0. The summed E-state index contributed by atoms with van der Waals surface area (Å²) in [6, 6.07) is 42.1. The van der Waals surface area contributed by atoms with Crippen molar-refractivity contribution in [1.29, 1.82) is 0 Å². The Labute approximate surface area is 234 Å². The minimum absolute atomic E-state index is 0.283. The van der Waals surface area contributed by atoms with Gasteiger partial charge in [-0.1, -0.05) is 139 Å². The molecule has 0 radical (unpaired) electrons. The van der Waals surface area contributed by atoms with Gasteiger partial charge in [0.15, 0.2) is 0 Å². The Morgan fingerprint density at radius 1 is 0.475 bits per heavy atom. The van der Waals surface area contributed by atoms with Gasteiger partial charge in [-0.15, -0.1) is 0 Å². The molecule has 2 heteroatoms. The summed E-state index contributed by atoms with van der Waals surface area (Å²) in [6.45, 7) is 0.283. The molecule has 0 fully saturated rings. The summed E-state index contributed by atoms with van der Waals surface area (Å²) in [5, 5.41) is 7.66. The average Bonchev–Trinajstić information content (AvgIpc) is 3.03. The van der Waals surface area contributed by atoms with Gasteiger partial charge >= 0.3 is 6.85 Å². The first-order valence-corrected chi connectivity index (χ1v) is 13.9. The Morgan fingerprint density at radius 3 is 1.80 bits per heavy atom. The first-order chi connectivity index (χ1) is 19.8. The van der Waals surface area contributed by atoms with E-state index >= 15 is 0 Å². The van der Waals surface area contributed by atoms with E-state index < -0.39 is 0 Å². The molecule has 0 atom stereocenters. The van der Waals surface area contributed by atoms with Crippen molar-refractivity contribution in [2.45, 2.75) is 0 Å². The third kappa shape index (κ3) is 3.65. The zero-order valence-electron chi connectivity index (χ0n) is 22.0. The number of hydrogen-bond donors (Lipinski definition) is 0. The van der Waals surface area contributed by atoms with Crippen LogP contribution in [0.5, 0.6) is 0 Å². The Hall–Kier alpha value is -5.08. The van der Waals surface area contributed by atoms with Gasteiger partial charge < -0.3 is 4.81 Å². The highest BCUT2D eigenvalue weighted by molar-refractivity contribution is 6.68. The third-order valence-corrected chi connectivity index (χ3v) is 8.28. The minimum atomic E-state index is 0.283. The highest BCUT2D eigenvalue weighted by Crippen LogP contribution is 2.43. The summed E-state index contributed by atoms with van der Waals surface area (Å²) in [5.41, 5.74) is 7.56. The van der Waals surface area contributed by atoms with E-state index in [1.807, 2.05) is 0 Å². The van der Waals surface area contributed by atoms with Crippen LogP contribution in [-0.4, -0.2) is 11.7 Å². The second-order valence-electron chi connectivity index (χ2n) is 10.6. The molecular weight excluding hydrogens is 481 g/mol. The summed E-state index contributed by atoms with van der Waals surface area (Å²) >= 11 is 0. The van der Waals surface area contributed by atoms with Crippen LogP contribution in [0.25, 0.3) is 60.1 Å². The van der Waals surface area contributed by atoms with Crippen LogP contribution in [0, 0.1) is 0 Å². The van der Waals surface area contributed by atoms with Crippen molar-refractivity contribution in [3.05, 3.63) is 163 Å². The van der Waals surface area contributed by atoms with Crippen LogP contribution >= 0.6 is 0 Å². The van der Waals surface area contributed by atoms with E-state index in [-0.39, 0.29) is 6.85 Å². The molecule has 1 nitrogen and oxygen atoms in total. The van der Waals surface area contributed by atoms with Crippen molar-refractivity contribution in [2.24, 2.45) is 0 Å². The lowest BCUT2D eigenvalue weighted by Gasteiger charge is -2.27. The van der Waals surface area contributed by atoms with E-state index in [9.17, 15) is 0 Å². The number of hydrogen-bond acceptors (Lipinski definition) is 1. The molecule has 6 aromatic rings. The van der Waals surface area contributed by atoms with Crippen LogP contribution in [0.2, 0.25) is 0 Å². The lowest BCUT2D eigenvalue weighted by Crippen LogP contribution is -2.31. The van der Waals surface area contributed by atoms with E-state index in [1.165, 1.54) is 65.7 Å². The summed E-state index contributed by atoms with van der Waals surface area (Å²) in [6.07, 6.45) is 11.0. The van der Waals surface area contributed by atoms with Crippen molar-refractivity contribution in [2.75, 3.05) is 0 Å². The van der Waals surface area contributed by atoms with E-state index in [4.69, 9.17) is 0 Å². The van der Waals surface area contributed by atoms with Gasteiger partial charge in [-0.05, 0) is 84.2 Å². The molecule has 40 heavy (non-hydrogen) atoms. The van der Waals surface area contributed by atoms with E-state index in [1.54, 1.807) is 0 Å². The number of nitrogens with zero attached hydrogens (tertiary/aromatic N) is 1. The first kappa shape index (κ1) is 22.9. The fraction of sp³-hybridized carbons (Fsp3) is 0. The molecule has 0 aromatic heterocycles. The lowest BCUT2D eigenvalue weighted by atomic mass is 9.58. The molecule has 0 bridgehead atoms. The third-order valence-electron chi connectivity index (χ3n) is 8.28. The van der Waals surface area contributed by atoms with E-state index in [2.05, 4.69) is 163 Å². The Bertz CT molecular complexity index is 2000. The van der Waals surface area contributed by atoms with Gasteiger partial charge in [0.2, 0.25) is 0 Å². The monoisotopic (exact) mass is 507 g/mol. The number of rotatable bonds is 3. The SMILES string of the molecule is C1=CB2C=CC(c3c4ccccc4c(-c4ccc(-c5cccc6ccccc56)cc4)c4ccccc34)=CN2C=C1. The Kier molecular flexibility index (Phi) is 5.31. The molecule has 0 aliphatic carbocycles. The van der Waals surface area contributed by atoms with Crippen LogP contribution in [0.1, 0.15) is 5.56 Å². The molecule has 186 valence electrons. The largest absolute Gasteiger partial charge is 0.389 e. The van der Waals surface area contributed by atoms with E-state index in [0.29, 0.717) is 0 Å². The van der Waals surface area contributed by atoms with Gasteiger partial charge in [0.05, 0.1) is 0 Å². The predicted octanol–water partition coefficient (Wildman–Crippen LogP) is 9.85. The van der Waals surface area contributed by atoms with Crippen molar-refractivity contribution in [1.82, 2.24) is 4.81 Å². The minimum Gasteiger partial charge on any atom is -0.389 e. The van der Waals surface area contributed by atoms with Gasteiger partial charge in [0.1, 0.15) is 0 Å². The fourth-order valence-electron chi connectivity index (χ4n) is 6.42. The Balaban J connectivity index is 1.32. The molecule has 0 unspecified atom stereocenters. The zero-order chi connectivity index (χ0) is 26.5. The molecule has 0 N–H and O–H groups in total. The molecule has 0 saturated heterocycles. The number of allylic oxidation sites excluding steroid dienone is 4. The van der Waals surface area contributed by atoms with Crippen molar-refractivity contribution in [3.63, 3.8) is 0 Å². The highest BCUT2D eigenvalue weighted by Gasteiger charge is 2.23. The predicted molar refractivity (Wildman–Crippen MR) is 173 cm³/mol. The molecule has 6 aromatic carbocycles. The van der Waals surface area contributed by atoms with Crippen LogP contribution in [0.4, 0.5) is 0 Å².